The van der Waals surface area contributed by atoms with Crippen LogP contribution < -0.4 is 26.6 Å². The summed E-state index contributed by atoms with van der Waals surface area (Å²) in [6, 6.07) is 5.08. The van der Waals surface area contributed by atoms with E-state index in [2.05, 4.69) is 32.4 Å². The number of halogens is 2. The average molecular weight is 441 g/mol. The first-order valence-electron chi connectivity index (χ1n) is 9.20. The molecule has 4 rings (SSSR count). The number of aromatic amines is 1. The van der Waals surface area contributed by atoms with Crippen LogP contribution in [0.2, 0.25) is 10.0 Å². The van der Waals surface area contributed by atoms with E-state index in [0.717, 1.165) is 10.4 Å². The summed E-state index contributed by atoms with van der Waals surface area (Å²) in [5.74, 6) is 6.14. The Morgan fingerprint density at radius 2 is 1.97 bits per heavy atom. The Kier molecular flexibility index (Phi) is 5.20. The third kappa shape index (κ3) is 4.01. The number of pyridine rings is 2. The summed E-state index contributed by atoms with van der Waals surface area (Å²) in [4.78, 5) is 19.7. The molecule has 1 aliphatic heterocycles. The van der Waals surface area contributed by atoms with Crippen LogP contribution in [-0.2, 0) is 0 Å². The third-order valence-corrected chi connectivity index (χ3v) is 5.05. The van der Waals surface area contributed by atoms with E-state index in [9.17, 15) is 9.90 Å². The maximum Gasteiger partial charge on any atom is 0.258 e. The molecule has 2 aromatic heterocycles. The molecule has 0 radical (unpaired) electrons. The van der Waals surface area contributed by atoms with Crippen LogP contribution in [0.4, 0.5) is 11.5 Å². The zero-order valence-electron chi connectivity index (χ0n) is 16.2. The number of aromatic nitrogens is 2. The molecule has 0 aliphatic carbocycles. The summed E-state index contributed by atoms with van der Waals surface area (Å²) in [7, 11) is 0. The van der Waals surface area contributed by atoms with E-state index in [-0.39, 0.29) is 5.56 Å². The Bertz CT molecular complexity index is 1390. The summed E-state index contributed by atoms with van der Waals surface area (Å²) in [5.41, 5.74) is 0.289. The van der Waals surface area contributed by atoms with Gasteiger partial charge in [-0.2, -0.15) is 0 Å². The molecule has 152 valence electrons. The lowest BCUT2D eigenvalue weighted by Crippen LogP contribution is -2.38. The Balaban J connectivity index is 1.85. The van der Waals surface area contributed by atoms with Gasteiger partial charge in [0.1, 0.15) is 11.4 Å². The highest BCUT2D eigenvalue weighted by molar-refractivity contribution is 6.39. The highest BCUT2D eigenvalue weighted by Gasteiger charge is 2.14. The Labute approximate surface area is 182 Å². The van der Waals surface area contributed by atoms with Gasteiger partial charge in [-0.05, 0) is 32.0 Å². The molecule has 30 heavy (non-hydrogen) atoms. The molecule has 0 amide bonds. The number of fused-ring (bicyclic) bond motifs is 3. The average Bonchev–Trinajstić information content (AvgIpc) is 2.68. The van der Waals surface area contributed by atoms with Crippen LogP contribution in [-0.4, -0.2) is 27.2 Å². The van der Waals surface area contributed by atoms with Crippen molar-refractivity contribution in [3.8, 4) is 11.8 Å². The van der Waals surface area contributed by atoms with E-state index >= 15 is 0 Å². The van der Waals surface area contributed by atoms with Crippen LogP contribution in [0.3, 0.4) is 0 Å². The number of hydrogen-bond acceptors (Lipinski definition) is 5. The van der Waals surface area contributed by atoms with Gasteiger partial charge in [0.05, 0.1) is 26.6 Å². The number of nitrogens with zero attached hydrogens (tertiary/aromatic N) is 1. The van der Waals surface area contributed by atoms with Crippen LogP contribution in [0.15, 0.2) is 29.2 Å². The second-order valence-electron chi connectivity index (χ2n) is 7.36. The molecule has 0 fully saturated rings. The molecule has 6 nitrogen and oxygen atoms in total. The number of nitrogens with one attached hydrogen (secondary N) is 3. The summed E-state index contributed by atoms with van der Waals surface area (Å²) >= 11 is 12.9. The van der Waals surface area contributed by atoms with Gasteiger partial charge in [-0.1, -0.05) is 41.1 Å². The van der Waals surface area contributed by atoms with Crippen molar-refractivity contribution in [3.05, 3.63) is 60.8 Å². The first kappa shape index (κ1) is 20.3. The van der Waals surface area contributed by atoms with Gasteiger partial charge in [0.2, 0.25) is 0 Å². The maximum absolute atomic E-state index is 12.3. The highest BCUT2D eigenvalue weighted by atomic mass is 35.5. The smallest absolute Gasteiger partial charge is 0.258 e. The van der Waals surface area contributed by atoms with Crippen molar-refractivity contribution >= 4 is 57.9 Å². The molecule has 3 aromatic rings. The van der Waals surface area contributed by atoms with Gasteiger partial charge in [-0.3, -0.25) is 4.79 Å². The first-order valence-corrected chi connectivity index (χ1v) is 9.95. The van der Waals surface area contributed by atoms with E-state index in [0.29, 0.717) is 44.6 Å². The van der Waals surface area contributed by atoms with Crippen LogP contribution in [0.25, 0.3) is 23.2 Å². The molecule has 0 atom stereocenters. The van der Waals surface area contributed by atoms with Crippen molar-refractivity contribution in [1.82, 2.24) is 15.3 Å². The maximum atomic E-state index is 12.3. The lowest BCUT2D eigenvalue weighted by atomic mass is 10.1. The zero-order chi connectivity index (χ0) is 21.5. The number of rotatable bonds is 2. The second-order valence-corrected chi connectivity index (χ2v) is 8.17. The van der Waals surface area contributed by atoms with Gasteiger partial charge in [0.25, 0.3) is 5.56 Å². The van der Waals surface area contributed by atoms with Crippen LogP contribution in [0.1, 0.15) is 19.4 Å². The van der Waals surface area contributed by atoms with Crippen molar-refractivity contribution in [2.75, 3.05) is 11.9 Å². The molecule has 1 aromatic carbocycles. The zero-order valence-corrected chi connectivity index (χ0v) is 17.7. The minimum atomic E-state index is -1.12. The van der Waals surface area contributed by atoms with E-state index in [4.69, 9.17) is 23.2 Å². The third-order valence-electron chi connectivity index (χ3n) is 4.45. The molecular weight excluding hydrogens is 423 g/mol. The van der Waals surface area contributed by atoms with Crippen LogP contribution in [0.5, 0.6) is 0 Å². The van der Waals surface area contributed by atoms with Crippen molar-refractivity contribution in [3.63, 3.8) is 0 Å². The fraction of sp³-hybridized carbons (Fsp3) is 0.182. The largest absolute Gasteiger partial charge is 0.387 e. The molecule has 0 bridgehead atoms. The highest BCUT2D eigenvalue weighted by Crippen LogP contribution is 2.33. The number of aliphatic hydroxyl groups is 1. The summed E-state index contributed by atoms with van der Waals surface area (Å²) in [5, 5.41) is 18.9. The fourth-order valence-electron chi connectivity index (χ4n) is 3.15. The molecule has 4 N–H and O–H groups in total. The van der Waals surface area contributed by atoms with E-state index in [1.54, 1.807) is 44.4 Å². The first-order chi connectivity index (χ1) is 14.2. The molecule has 3 heterocycles. The predicted molar refractivity (Wildman–Crippen MR) is 121 cm³/mol. The summed E-state index contributed by atoms with van der Waals surface area (Å²) in [6.45, 7) is 3.80. The Morgan fingerprint density at radius 3 is 2.67 bits per heavy atom. The lowest BCUT2D eigenvalue weighted by Gasteiger charge is -2.14. The number of anilines is 2. The quantitative estimate of drug-likeness (QED) is 0.458. The predicted octanol–water partition coefficient (Wildman–Crippen LogP) is 2.22. The Hall–Kier alpha value is -2.98. The van der Waals surface area contributed by atoms with Crippen molar-refractivity contribution in [2.45, 2.75) is 19.4 Å². The van der Waals surface area contributed by atoms with Gasteiger partial charge in [-0.15, -0.1) is 0 Å². The second kappa shape index (κ2) is 7.69. The number of hydrogen-bond donors (Lipinski definition) is 4. The van der Waals surface area contributed by atoms with Crippen molar-refractivity contribution in [1.29, 1.82) is 0 Å². The minimum Gasteiger partial charge on any atom is -0.387 e. The van der Waals surface area contributed by atoms with Gasteiger partial charge >= 0.3 is 0 Å². The van der Waals surface area contributed by atoms with Gasteiger partial charge in [-0.25, -0.2) is 4.98 Å². The molecule has 1 aliphatic rings. The van der Waals surface area contributed by atoms with Crippen LogP contribution >= 0.6 is 23.2 Å². The lowest BCUT2D eigenvalue weighted by molar-refractivity contribution is 0.143. The SMILES string of the molecule is CC(C)(O)C#Cc1cc(Cl)c(Nc2nc3cc[nH]c(=O)c3c3c2=CCNC=3)c(Cl)c1. The molecule has 0 saturated heterocycles. The molecule has 0 saturated carbocycles. The van der Waals surface area contributed by atoms with Gasteiger partial charge < -0.3 is 20.7 Å². The van der Waals surface area contributed by atoms with Crippen molar-refractivity contribution < 1.29 is 5.11 Å². The minimum absolute atomic E-state index is 0.207. The topological polar surface area (TPSA) is 90.0 Å². The van der Waals surface area contributed by atoms with Gasteiger partial charge in [0, 0.05) is 34.9 Å². The molecule has 0 spiro atoms. The number of H-pyrrole nitrogens is 1. The van der Waals surface area contributed by atoms with E-state index < -0.39 is 5.60 Å². The van der Waals surface area contributed by atoms with Crippen LogP contribution in [0, 0.1) is 11.8 Å². The Morgan fingerprint density at radius 1 is 1.23 bits per heavy atom. The monoisotopic (exact) mass is 440 g/mol. The summed E-state index contributed by atoms with van der Waals surface area (Å²) < 4.78 is 0. The van der Waals surface area contributed by atoms with E-state index in [1.165, 1.54) is 0 Å². The van der Waals surface area contributed by atoms with E-state index in [1.807, 2.05) is 6.08 Å². The number of benzene rings is 1. The summed E-state index contributed by atoms with van der Waals surface area (Å²) in [6.07, 6.45) is 5.31. The normalized spacial score (nSPS) is 12.7. The fourth-order valence-corrected chi connectivity index (χ4v) is 3.73. The van der Waals surface area contributed by atoms with Gasteiger partial charge in [0.15, 0.2) is 0 Å². The molecule has 0 unspecified atom stereocenters. The standard InChI is InChI=1S/C22H18Cl2N4O2/c1-22(2,30)6-3-12-9-15(23)19(16(24)10-12)28-20-13-4-7-25-11-14(13)18-17(27-20)5-8-26-21(18)29/h4-5,8-11,25,30H,7H2,1-2H3,(H,26,29)(H,27,28). The van der Waals surface area contributed by atoms with Crippen molar-refractivity contribution in [2.24, 2.45) is 0 Å². The molecule has 8 heteroatoms. The molecular formula is C22H18Cl2N4O2.